The number of H-pyrrole nitrogens is 1. The molecule has 0 aliphatic heterocycles. The van der Waals surface area contributed by atoms with Gasteiger partial charge in [0.15, 0.2) is 0 Å². The van der Waals surface area contributed by atoms with Crippen molar-refractivity contribution in [3.05, 3.63) is 116 Å². The number of aromatic nitrogens is 1. The lowest BCUT2D eigenvalue weighted by Crippen LogP contribution is -2.43. The van der Waals surface area contributed by atoms with E-state index in [1.54, 1.807) is 24.3 Å². The molecule has 35 heavy (non-hydrogen) atoms. The molecule has 178 valence electrons. The van der Waals surface area contributed by atoms with E-state index in [0.29, 0.717) is 21.5 Å². The molecule has 1 heterocycles. The zero-order valence-electron chi connectivity index (χ0n) is 18.2. The van der Waals surface area contributed by atoms with E-state index in [1.807, 2.05) is 0 Å². The second-order valence-electron chi connectivity index (χ2n) is 7.78. The van der Waals surface area contributed by atoms with E-state index in [0.717, 1.165) is 18.2 Å². The number of ether oxygens (including phenoxy) is 1. The first-order valence-electron chi connectivity index (χ1n) is 10.6. The van der Waals surface area contributed by atoms with Crippen LogP contribution < -0.4 is 10.9 Å². The molecule has 4 rings (SSSR count). The van der Waals surface area contributed by atoms with Crippen LogP contribution in [0.4, 0.5) is 8.78 Å². The summed E-state index contributed by atoms with van der Waals surface area (Å²) in [5.74, 6) is -2.86. The third-order valence-corrected chi connectivity index (χ3v) is 5.59. The number of fused-ring (bicyclic) bond motifs is 1. The number of esters is 1. The van der Waals surface area contributed by atoms with Crippen molar-refractivity contribution >= 4 is 34.4 Å². The smallest absolute Gasteiger partial charge is 0.329 e. The summed E-state index contributed by atoms with van der Waals surface area (Å²) in [6, 6.07) is 16.0. The van der Waals surface area contributed by atoms with Gasteiger partial charge in [-0.05, 0) is 54.1 Å². The van der Waals surface area contributed by atoms with Crippen molar-refractivity contribution in [3.63, 3.8) is 0 Å². The fraction of sp³-hybridized carbons (Fsp3) is 0.115. The van der Waals surface area contributed by atoms with Crippen LogP contribution in [0, 0.1) is 11.6 Å². The molecule has 0 saturated carbocycles. The van der Waals surface area contributed by atoms with Gasteiger partial charge in [-0.2, -0.15) is 0 Å². The lowest BCUT2D eigenvalue weighted by Gasteiger charge is -2.19. The van der Waals surface area contributed by atoms with Gasteiger partial charge in [-0.1, -0.05) is 29.8 Å². The Morgan fingerprint density at radius 3 is 2.49 bits per heavy atom. The Morgan fingerprint density at radius 2 is 1.71 bits per heavy atom. The number of halogens is 3. The molecule has 6 nitrogen and oxygen atoms in total. The molecule has 1 unspecified atom stereocenters. The van der Waals surface area contributed by atoms with Crippen LogP contribution in [0.1, 0.15) is 21.5 Å². The first-order valence-corrected chi connectivity index (χ1v) is 11.0. The number of amides is 1. The van der Waals surface area contributed by atoms with Crippen molar-refractivity contribution in [3.8, 4) is 0 Å². The van der Waals surface area contributed by atoms with Crippen LogP contribution in [0.2, 0.25) is 5.02 Å². The number of para-hydroxylation sites is 1. The molecule has 0 spiro atoms. The highest BCUT2D eigenvalue weighted by Gasteiger charge is 2.25. The van der Waals surface area contributed by atoms with Gasteiger partial charge in [-0.25, -0.2) is 13.6 Å². The number of pyridine rings is 1. The van der Waals surface area contributed by atoms with Gasteiger partial charge < -0.3 is 15.0 Å². The van der Waals surface area contributed by atoms with Gasteiger partial charge in [0, 0.05) is 39.5 Å². The highest BCUT2D eigenvalue weighted by Crippen LogP contribution is 2.18. The van der Waals surface area contributed by atoms with Crippen LogP contribution in [0.5, 0.6) is 0 Å². The SMILES string of the molecule is O=C(NC(Cc1cc(=O)[nH]c2ccccc12)C(=O)OCc1cc(F)ccc1F)c1ccc(Cl)cc1. The lowest BCUT2D eigenvalue weighted by atomic mass is 10.0. The number of hydrogen-bond acceptors (Lipinski definition) is 4. The predicted octanol–water partition coefficient (Wildman–Crippen LogP) is 4.54. The molecule has 0 fully saturated rings. The highest BCUT2D eigenvalue weighted by atomic mass is 35.5. The van der Waals surface area contributed by atoms with Crippen molar-refractivity contribution in [2.45, 2.75) is 19.1 Å². The topological polar surface area (TPSA) is 88.3 Å². The number of benzene rings is 3. The number of rotatable bonds is 7. The van der Waals surface area contributed by atoms with E-state index < -0.39 is 36.2 Å². The van der Waals surface area contributed by atoms with Crippen molar-refractivity contribution < 1.29 is 23.1 Å². The molecule has 1 amide bonds. The zero-order chi connectivity index (χ0) is 24.9. The van der Waals surface area contributed by atoms with Crippen LogP contribution in [-0.4, -0.2) is 22.9 Å². The molecule has 0 saturated heterocycles. The van der Waals surface area contributed by atoms with Crippen molar-refractivity contribution in [1.29, 1.82) is 0 Å². The lowest BCUT2D eigenvalue weighted by molar-refractivity contribution is -0.147. The highest BCUT2D eigenvalue weighted by molar-refractivity contribution is 6.30. The maximum absolute atomic E-state index is 14.0. The zero-order valence-corrected chi connectivity index (χ0v) is 18.9. The number of nitrogens with one attached hydrogen (secondary N) is 2. The fourth-order valence-corrected chi connectivity index (χ4v) is 3.73. The normalized spacial score (nSPS) is 11.7. The molecule has 1 atom stereocenters. The Kier molecular flexibility index (Phi) is 7.22. The first kappa shape index (κ1) is 24.1. The van der Waals surface area contributed by atoms with Gasteiger partial charge in [0.1, 0.15) is 24.3 Å². The van der Waals surface area contributed by atoms with E-state index in [1.165, 1.54) is 30.3 Å². The Labute approximate surface area is 203 Å². The first-order chi connectivity index (χ1) is 16.8. The maximum Gasteiger partial charge on any atom is 0.329 e. The maximum atomic E-state index is 14.0. The van der Waals surface area contributed by atoms with Crippen molar-refractivity contribution in [2.24, 2.45) is 0 Å². The number of aromatic amines is 1. The van der Waals surface area contributed by atoms with Crippen molar-refractivity contribution in [2.75, 3.05) is 0 Å². The molecular weight excluding hydrogens is 478 g/mol. The van der Waals surface area contributed by atoms with Crippen LogP contribution in [0.25, 0.3) is 10.9 Å². The number of carbonyl (C=O) groups excluding carboxylic acids is 2. The average molecular weight is 497 g/mol. The second kappa shape index (κ2) is 10.5. The molecule has 0 aliphatic carbocycles. The molecule has 0 aliphatic rings. The summed E-state index contributed by atoms with van der Waals surface area (Å²) in [6.07, 6.45) is -0.0752. The van der Waals surface area contributed by atoms with Gasteiger partial charge in [0.25, 0.3) is 5.91 Å². The summed E-state index contributed by atoms with van der Waals surface area (Å²) in [5, 5.41) is 3.73. The Balaban J connectivity index is 1.62. The molecule has 0 radical (unpaired) electrons. The summed E-state index contributed by atoms with van der Waals surface area (Å²) in [6.45, 7) is -0.536. The summed E-state index contributed by atoms with van der Waals surface area (Å²) in [7, 11) is 0. The summed E-state index contributed by atoms with van der Waals surface area (Å²) in [4.78, 5) is 40.7. The molecular formula is C26H19ClF2N2O4. The van der Waals surface area contributed by atoms with E-state index in [-0.39, 0.29) is 23.1 Å². The minimum Gasteiger partial charge on any atom is -0.459 e. The van der Waals surface area contributed by atoms with Crippen molar-refractivity contribution in [1.82, 2.24) is 10.3 Å². The van der Waals surface area contributed by atoms with Crippen LogP contribution in [0.15, 0.2) is 77.6 Å². The average Bonchev–Trinajstić information content (AvgIpc) is 2.84. The van der Waals surface area contributed by atoms with Gasteiger partial charge in [0.2, 0.25) is 5.56 Å². The monoisotopic (exact) mass is 496 g/mol. The van der Waals surface area contributed by atoms with Crippen LogP contribution >= 0.6 is 11.6 Å². The van der Waals surface area contributed by atoms with Gasteiger partial charge in [-0.15, -0.1) is 0 Å². The summed E-state index contributed by atoms with van der Waals surface area (Å²) < 4.78 is 32.7. The molecule has 4 aromatic rings. The standard InChI is InChI=1S/C26H19ClF2N2O4/c27-18-7-5-15(6-8-18)25(33)31-23(26(34)35-14-17-11-19(28)9-10-21(17)29)12-16-13-24(32)30-22-4-2-1-3-20(16)22/h1-11,13,23H,12,14H2,(H,30,32)(H,31,33). The Bertz CT molecular complexity index is 1450. The van der Waals surface area contributed by atoms with E-state index in [9.17, 15) is 23.2 Å². The molecule has 2 N–H and O–H groups in total. The van der Waals surface area contributed by atoms with Gasteiger partial charge in [-0.3, -0.25) is 9.59 Å². The van der Waals surface area contributed by atoms with Crippen LogP contribution in [-0.2, 0) is 22.6 Å². The summed E-state index contributed by atoms with van der Waals surface area (Å²) in [5.41, 5.74) is 0.783. The van der Waals surface area contributed by atoms with Gasteiger partial charge >= 0.3 is 5.97 Å². The summed E-state index contributed by atoms with van der Waals surface area (Å²) >= 11 is 5.88. The van der Waals surface area contributed by atoms with Crippen LogP contribution in [0.3, 0.4) is 0 Å². The Morgan fingerprint density at radius 1 is 0.971 bits per heavy atom. The molecule has 3 aromatic carbocycles. The van der Waals surface area contributed by atoms with E-state index in [4.69, 9.17) is 16.3 Å². The fourth-order valence-electron chi connectivity index (χ4n) is 3.61. The number of hydrogen-bond donors (Lipinski definition) is 2. The Hall–Kier alpha value is -4.04. The predicted molar refractivity (Wildman–Crippen MR) is 127 cm³/mol. The third-order valence-electron chi connectivity index (χ3n) is 5.33. The third kappa shape index (κ3) is 5.91. The van der Waals surface area contributed by atoms with E-state index >= 15 is 0 Å². The van der Waals surface area contributed by atoms with E-state index in [2.05, 4.69) is 10.3 Å². The van der Waals surface area contributed by atoms with Gasteiger partial charge in [0.05, 0.1) is 0 Å². The quantitative estimate of drug-likeness (QED) is 0.368. The minimum absolute atomic E-state index is 0.0752. The number of carbonyl (C=O) groups is 2. The second-order valence-corrected chi connectivity index (χ2v) is 8.22. The molecule has 1 aromatic heterocycles. The minimum atomic E-state index is -1.22. The largest absolute Gasteiger partial charge is 0.459 e. The molecule has 0 bridgehead atoms. The molecule has 9 heteroatoms.